The van der Waals surface area contributed by atoms with Crippen LogP contribution in [-0.4, -0.2) is 31.2 Å². The number of anilines is 1. The van der Waals surface area contributed by atoms with Gasteiger partial charge in [-0.15, -0.1) is 11.3 Å². The van der Waals surface area contributed by atoms with Gasteiger partial charge in [-0.25, -0.2) is 4.98 Å². The second-order valence-corrected chi connectivity index (χ2v) is 7.49. The first kappa shape index (κ1) is 15.3. The molecule has 0 aromatic carbocycles. The largest absolute Gasteiger partial charge is 0.346 e. The number of fused-ring (bicyclic) bond motifs is 1. The maximum Gasteiger partial charge on any atom is 0.185 e. The van der Waals surface area contributed by atoms with Gasteiger partial charge in [0.1, 0.15) is 0 Å². The maximum atomic E-state index is 5.02. The van der Waals surface area contributed by atoms with Gasteiger partial charge in [-0.3, -0.25) is 0 Å². The van der Waals surface area contributed by atoms with Gasteiger partial charge in [0, 0.05) is 31.1 Å². The average molecular weight is 308 g/mol. The quantitative estimate of drug-likeness (QED) is 0.856. The number of aromatic nitrogens is 1. The van der Waals surface area contributed by atoms with Crippen molar-refractivity contribution in [1.29, 1.82) is 0 Å². The van der Waals surface area contributed by atoms with Crippen molar-refractivity contribution >= 4 is 16.5 Å². The highest BCUT2D eigenvalue weighted by molar-refractivity contribution is 7.15. The number of piperazine rings is 1. The number of aryl methyl sites for hydroxylation is 2. The molecular formula is C17H29N3S. The minimum atomic E-state index is 1.10. The lowest BCUT2D eigenvalue weighted by Gasteiger charge is -2.26. The van der Waals surface area contributed by atoms with Crippen molar-refractivity contribution in [1.82, 2.24) is 10.3 Å². The predicted octanol–water partition coefficient (Wildman–Crippen LogP) is 3.77. The fourth-order valence-electron chi connectivity index (χ4n) is 3.39. The van der Waals surface area contributed by atoms with Crippen LogP contribution in [0.3, 0.4) is 0 Å². The lowest BCUT2D eigenvalue weighted by molar-refractivity contribution is 0.559. The van der Waals surface area contributed by atoms with Gasteiger partial charge in [-0.05, 0) is 25.7 Å². The minimum absolute atomic E-state index is 1.10. The predicted molar refractivity (Wildman–Crippen MR) is 91.5 cm³/mol. The summed E-state index contributed by atoms with van der Waals surface area (Å²) in [6, 6.07) is 0. The van der Waals surface area contributed by atoms with Gasteiger partial charge < -0.3 is 10.2 Å². The van der Waals surface area contributed by atoms with Crippen LogP contribution < -0.4 is 10.2 Å². The standard InChI is InChI=1S/C17H29N3S/c1-2-4-6-8-10-16-15(9-7-5-3-1)19-17(21-16)20-13-11-18-12-14-20/h18H,1-14H2. The van der Waals surface area contributed by atoms with Crippen molar-refractivity contribution in [3.8, 4) is 0 Å². The van der Waals surface area contributed by atoms with Gasteiger partial charge in [0.05, 0.1) is 5.69 Å². The summed E-state index contributed by atoms with van der Waals surface area (Å²) >= 11 is 1.98. The second-order valence-electron chi connectivity index (χ2n) is 6.43. The summed E-state index contributed by atoms with van der Waals surface area (Å²) in [6.07, 6.45) is 13.7. The first-order chi connectivity index (χ1) is 10.4. The summed E-state index contributed by atoms with van der Waals surface area (Å²) in [7, 11) is 0. The summed E-state index contributed by atoms with van der Waals surface area (Å²) in [6.45, 7) is 4.44. The third-order valence-corrected chi connectivity index (χ3v) is 5.94. The van der Waals surface area contributed by atoms with Crippen molar-refractivity contribution in [2.24, 2.45) is 0 Å². The van der Waals surface area contributed by atoms with Crippen molar-refractivity contribution in [3.63, 3.8) is 0 Å². The van der Waals surface area contributed by atoms with Crippen LogP contribution in [-0.2, 0) is 12.8 Å². The third kappa shape index (κ3) is 4.43. The highest BCUT2D eigenvalue weighted by Crippen LogP contribution is 2.30. The van der Waals surface area contributed by atoms with E-state index < -0.39 is 0 Å². The van der Waals surface area contributed by atoms with Crippen molar-refractivity contribution in [3.05, 3.63) is 10.6 Å². The molecule has 2 heterocycles. The Morgan fingerprint density at radius 3 is 2.14 bits per heavy atom. The lowest BCUT2D eigenvalue weighted by Crippen LogP contribution is -2.43. The summed E-state index contributed by atoms with van der Waals surface area (Å²) in [5.41, 5.74) is 1.43. The molecule has 118 valence electrons. The summed E-state index contributed by atoms with van der Waals surface area (Å²) in [4.78, 5) is 9.08. The van der Waals surface area contributed by atoms with E-state index in [1.165, 1.54) is 75.0 Å². The van der Waals surface area contributed by atoms with E-state index in [4.69, 9.17) is 4.98 Å². The molecule has 0 atom stereocenters. The molecule has 1 fully saturated rings. The van der Waals surface area contributed by atoms with E-state index in [-0.39, 0.29) is 0 Å². The van der Waals surface area contributed by atoms with Crippen molar-refractivity contribution in [2.45, 2.75) is 64.2 Å². The molecule has 1 aromatic heterocycles. The fraction of sp³-hybridized carbons (Fsp3) is 0.824. The second kappa shape index (κ2) is 8.14. The molecule has 0 spiro atoms. The van der Waals surface area contributed by atoms with E-state index in [2.05, 4.69) is 10.2 Å². The van der Waals surface area contributed by atoms with Crippen LogP contribution in [0.5, 0.6) is 0 Å². The molecule has 3 nitrogen and oxygen atoms in total. The Balaban J connectivity index is 1.69. The van der Waals surface area contributed by atoms with Crippen molar-refractivity contribution in [2.75, 3.05) is 31.1 Å². The lowest BCUT2D eigenvalue weighted by atomic mass is 10.0. The molecule has 0 unspecified atom stereocenters. The number of hydrogen-bond acceptors (Lipinski definition) is 4. The smallest absolute Gasteiger partial charge is 0.185 e. The Labute approximate surface area is 133 Å². The molecule has 1 aromatic rings. The molecule has 0 radical (unpaired) electrons. The molecule has 0 saturated carbocycles. The van der Waals surface area contributed by atoms with Crippen LogP contribution in [0.1, 0.15) is 61.9 Å². The minimum Gasteiger partial charge on any atom is -0.346 e. The molecule has 1 saturated heterocycles. The molecule has 3 rings (SSSR count). The highest BCUT2D eigenvalue weighted by Gasteiger charge is 2.17. The van der Waals surface area contributed by atoms with Gasteiger partial charge in [0.15, 0.2) is 5.13 Å². The molecule has 4 heteroatoms. The van der Waals surface area contributed by atoms with Crippen LogP contribution in [0.15, 0.2) is 0 Å². The molecule has 1 N–H and O–H groups in total. The Morgan fingerprint density at radius 2 is 1.43 bits per heavy atom. The summed E-state index contributed by atoms with van der Waals surface area (Å²) < 4.78 is 0. The first-order valence-electron chi connectivity index (χ1n) is 8.88. The third-order valence-electron chi connectivity index (χ3n) is 4.72. The van der Waals surface area contributed by atoms with Gasteiger partial charge in [0.25, 0.3) is 0 Å². The van der Waals surface area contributed by atoms with Crippen LogP contribution >= 0.6 is 11.3 Å². The summed E-state index contributed by atoms with van der Waals surface area (Å²) in [5.74, 6) is 0. The van der Waals surface area contributed by atoms with Crippen LogP contribution in [0.25, 0.3) is 0 Å². The van der Waals surface area contributed by atoms with Gasteiger partial charge in [0.2, 0.25) is 0 Å². The molecular weight excluding hydrogens is 278 g/mol. The normalized spacial score (nSPS) is 22.2. The molecule has 21 heavy (non-hydrogen) atoms. The van der Waals surface area contributed by atoms with E-state index in [1.54, 1.807) is 4.88 Å². The van der Waals surface area contributed by atoms with Gasteiger partial charge >= 0.3 is 0 Å². The van der Waals surface area contributed by atoms with E-state index >= 15 is 0 Å². The van der Waals surface area contributed by atoms with Crippen LogP contribution in [0, 0.1) is 0 Å². The van der Waals surface area contributed by atoms with E-state index in [1.807, 2.05) is 11.3 Å². The number of nitrogens with one attached hydrogen (secondary N) is 1. The Hall–Kier alpha value is -0.610. The topological polar surface area (TPSA) is 28.2 Å². The molecule has 1 aliphatic carbocycles. The molecule has 0 bridgehead atoms. The van der Waals surface area contributed by atoms with E-state index in [9.17, 15) is 0 Å². The van der Waals surface area contributed by atoms with Gasteiger partial charge in [-0.2, -0.15) is 0 Å². The zero-order chi connectivity index (χ0) is 14.3. The van der Waals surface area contributed by atoms with Crippen LogP contribution in [0.4, 0.5) is 5.13 Å². The van der Waals surface area contributed by atoms with Gasteiger partial charge in [-0.1, -0.05) is 38.5 Å². The zero-order valence-electron chi connectivity index (χ0n) is 13.2. The number of nitrogens with zero attached hydrogens (tertiary/aromatic N) is 2. The first-order valence-corrected chi connectivity index (χ1v) is 9.69. The monoisotopic (exact) mass is 307 g/mol. The number of thiazole rings is 1. The Bertz CT molecular complexity index is 394. The molecule has 1 aliphatic heterocycles. The number of hydrogen-bond donors (Lipinski definition) is 1. The SMILES string of the molecule is C1CCCCCc2sc(N3CCNCC3)nc2CCCC1. The highest BCUT2D eigenvalue weighted by atomic mass is 32.1. The maximum absolute atomic E-state index is 5.02. The fourth-order valence-corrected chi connectivity index (χ4v) is 4.59. The zero-order valence-corrected chi connectivity index (χ0v) is 14.0. The molecule has 2 aliphatic rings. The average Bonchev–Trinajstić information content (AvgIpc) is 2.91. The summed E-state index contributed by atoms with van der Waals surface area (Å²) in [5, 5.41) is 4.72. The van der Waals surface area contributed by atoms with E-state index in [0.717, 1.165) is 26.2 Å². The van der Waals surface area contributed by atoms with Crippen LogP contribution in [0.2, 0.25) is 0 Å². The number of rotatable bonds is 1. The molecule has 0 amide bonds. The Kier molecular flexibility index (Phi) is 5.92. The van der Waals surface area contributed by atoms with E-state index in [0.29, 0.717) is 0 Å². The van der Waals surface area contributed by atoms with Crippen molar-refractivity contribution < 1.29 is 0 Å². The Morgan fingerprint density at radius 1 is 0.810 bits per heavy atom.